The fourth-order valence-electron chi connectivity index (χ4n) is 1.82. The summed E-state index contributed by atoms with van der Waals surface area (Å²) in [5, 5.41) is 4.64. The number of nitrogens with zero attached hydrogens (tertiary/aromatic N) is 1. The summed E-state index contributed by atoms with van der Waals surface area (Å²) in [4.78, 5) is 11.7. The molecule has 2 atom stereocenters. The number of hydrogen-bond acceptors (Lipinski definition) is 4. The molecule has 5 heteroatoms. The molecule has 1 fully saturated rings. The summed E-state index contributed by atoms with van der Waals surface area (Å²) >= 11 is 1.33. The Bertz CT molecular complexity index is 312. The predicted molar refractivity (Wildman–Crippen MR) is 56.1 cm³/mol. The van der Waals surface area contributed by atoms with Crippen LogP contribution in [-0.4, -0.2) is 16.3 Å². The molecule has 0 aromatic carbocycles. The molecule has 76 valence electrons. The molecule has 3 N–H and O–H groups in total. The number of nitrogens with one attached hydrogen (secondary N) is 1. The normalized spacial score (nSPS) is 26.4. The first-order valence-electron chi connectivity index (χ1n) is 4.73. The van der Waals surface area contributed by atoms with Gasteiger partial charge in [-0.05, 0) is 24.4 Å². The number of amides is 1. The number of anilines is 1. The van der Waals surface area contributed by atoms with Gasteiger partial charge in [0.25, 0.3) is 0 Å². The molecule has 4 nitrogen and oxygen atoms in total. The molecule has 2 rings (SSSR count). The fourth-order valence-corrected chi connectivity index (χ4v) is 2.28. The minimum atomic E-state index is -0.0186. The lowest BCUT2D eigenvalue weighted by Gasteiger charge is -2.13. The molecule has 0 spiro atoms. The SMILES string of the molecule is N[C@@H]1CCC[C@@H]1C(=O)Nc1cnsc1. The molecule has 1 amide bonds. The standard InChI is InChI=1S/C9H13N3OS/c10-8-3-1-2-7(8)9(13)12-6-4-11-14-5-6/h4-5,7-8H,1-3,10H2,(H,12,13)/t7-,8+/m0/s1. The van der Waals surface area contributed by atoms with Crippen LogP contribution in [0, 0.1) is 5.92 Å². The smallest absolute Gasteiger partial charge is 0.229 e. The second-order valence-corrected chi connectivity index (χ2v) is 4.26. The number of hydrogen-bond donors (Lipinski definition) is 2. The Morgan fingerprint density at radius 2 is 2.50 bits per heavy atom. The molecule has 14 heavy (non-hydrogen) atoms. The summed E-state index contributed by atoms with van der Waals surface area (Å²) < 4.78 is 3.92. The van der Waals surface area contributed by atoms with Crippen molar-refractivity contribution in [1.82, 2.24) is 4.37 Å². The Kier molecular flexibility index (Phi) is 2.79. The fraction of sp³-hybridized carbons (Fsp3) is 0.556. The van der Waals surface area contributed by atoms with Gasteiger partial charge in [0.05, 0.1) is 17.8 Å². The van der Waals surface area contributed by atoms with Gasteiger partial charge in [-0.15, -0.1) is 0 Å². The number of nitrogens with two attached hydrogens (primary N) is 1. The number of carbonyl (C=O) groups excluding carboxylic acids is 1. The summed E-state index contributed by atoms with van der Waals surface area (Å²) in [6.45, 7) is 0. The van der Waals surface area contributed by atoms with Crippen LogP contribution in [0.2, 0.25) is 0 Å². The van der Waals surface area contributed by atoms with Gasteiger partial charge >= 0.3 is 0 Å². The first-order valence-corrected chi connectivity index (χ1v) is 5.57. The second kappa shape index (κ2) is 4.06. The van der Waals surface area contributed by atoms with Crippen molar-refractivity contribution in [3.05, 3.63) is 11.6 Å². The molecule has 1 aromatic heterocycles. The van der Waals surface area contributed by atoms with Crippen LogP contribution in [-0.2, 0) is 4.79 Å². The van der Waals surface area contributed by atoms with Gasteiger partial charge in [0.2, 0.25) is 5.91 Å². The molecule has 1 aliphatic rings. The van der Waals surface area contributed by atoms with Gasteiger partial charge in [-0.2, -0.15) is 4.37 Å². The first kappa shape index (κ1) is 9.61. The van der Waals surface area contributed by atoms with Gasteiger partial charge < -0.3 is 11.1 Å². The largest absolute Gasteiger partial charge is 0.327 e. The van der Waals surface area contributed by atoms with Gasteiger partial charge in [0, 0.05) is 11.4 Å². The van der Waals surface area contributed by atoms with E-state index in [0.29, 0.717) is 0 Å². The van der Waals surface area contributed by atoms with Crippen molar-refractivity contribution in [3.8, 4) is 0 Å². The zero-order chi connectivity index (χ0) is 9.97. The van der Waals surface area contributed by atoms with Crippen molar-refractivity contribution in [2.75, 3.05) is 5.32 Å². The lowest BCUT2D eigenvalue weighted by Crippen LogP contribution is -2.34. The third-order valence-corrected chi connectivity index (χ3v) is 3.19. The minimum Gasteiger partial charge on any atom is -0.327 e. The highest BCUT2D eigenvalue weighted by molar-refractivity contribution is 7.04. The zero-order valence-electron chi connectivity index (χ0n) is 7.77. The van der Waals surface area contributed by atoms with Crippen LogP contribution in [0.5, 0.6) is 0 Å². The van der Waals surface area contributed by atoms with Crippen LogP contribution in [0.1, 0.15) is 19.3 Å². The Hall–Kier alpha value is -0.940. The maximum absolute atomic E-state index is 11.7. The van der Waals surface area contributed by atoms with Crippen molar-refractivity contribution < 1.29 is 4.79 Å². The van der Waals surface area contributed by atoms with Crippen LogP contribution in [0.25, 0.3) is 0 Å². The van der Waals surface area contributed by atoms with E-state index in [2.05, 4.69) is 9.69 Å². The summed E-state index contributed by atoms with van der Waals surface area (Å²) in [6, 6.07) is 0.0293. The van der Waals surface area contributed by atoms with E-state index in [1.807, 2.05) is 5.38 Å². The Morgan fingerprint density at radius 3 is 3.07 bits per heavy atom. The number of rotatable bonds is 2. The quantitative estimate of drug-likeness (QED) is 0.772. The van der Waals surface area contributed by atoms with Gasteiger partial charge in [0.1, 0.15) is 0 Å². The third-order valence-electron chi connectivity index (χ3n) is 2.61. The molecule has 0 bridgehead atoms. The molecular weight excluding hydrogens is 198 g/mol. The summed E-state index contributed by atoms with van der Waals surface area (Å²) in [5.74, 6) is 0.0186. The highest BCUT2D eigenvalue weighted by Gasteiger charge is 2.30. The Morgan fingerprint density at radius 1 is 1.64 bits per heavy atom. The topological polar surface area (TPSA) is 68.0 Å². The van der Waals surface area contributed by atoms with Crippen molar-refractivity contribution >= 4 is 23.1 Å². The van der Waals surface area contributed by atoms with Gasteiger partial charge in [-0.1, -0.05) is 6.42 Å². The summed E-state index contributed by atoms with van der Waals surface area (Å²) in [6.07, 6.45) is 4.58. The van der Waals surface area contributed by atoms with E-state index in [1.54, 1.807) is 6.20 Å². The molecule has 0 unspecified atom stereocenters. The van der Waals surface area contributed by atoms with Gasteiger partial charge in [0.15, 0.2) is 0 Å². The highest BCUT2D eigenvalue weighted by atomic mass is 32.1. The average molecular weight is 211 g/mol. The van der Waals surface area contributed by atoms with Gasteiger partial charge in [-0.3, -0.25) is 4.79 Å². The average Bonchev–Trinajstić information content (AvgIpc) is 2.75. The zero-order valence-corrected chi connectivity index (χ0v) is 8.59. The Balaban J connectivity index is 1.95. The van der Waals surface area contributed by atoms with E-state index in [1.165, 1.54) is 11.5 Å². The maximum atomic E-state index is 11.7. The minimum absolute atomic E-state index is 0.0186. The predicted octanol–water partition coefficient (Wildman–Crippen LogP) is 1.21. The van der Waals surface area contributed by atoms with Crippen LogP contribution in [0.15, 0.2) is 11.6 Å². The molecule has 1 aliphatic carbocycles. The van der Waals surface area contributed by atoms with Gasteiger partial charge in [-0.25, -0.2) is 0 Å². The first-order chi connectivity index (χ1) is 6.77. The summed E-state index contributed by atoms with van der Waals surface area (Å²) in [5.41, 5.74) is 6.61. The lowest BCUT2D eigenvalue weighted by molar-refractivity contribution is -0.120. The maximum Gasteiger partial charge on any atom is 0.229 e. The van der Waals surface area contributed by atoms with Crippen LogP contribution in [0.4, 0.5) is 5.69 Å². The van der Waals surface area contributed by atoms with E-state index in [-0.39, 0.29) is 17.9 Å². The molecular formula is C9H13N3OS. The van der Waals surface area contributed by atoms with Crippen molar-refractivity contribution in [2.24, 2.45) is 11.7 Å². The monoisotopic (exact) mass is 211 g/mol. The van der Waals surface area contributed by atoms with Crippen molar-refractivity contribution in [2.45, 2.75) is 25.3 Å². The van der Waals surface area contributed by atoms with Crippen molar-refractivity contribution in [1.29, 1.82) is 0 Å². The van der Waals surface area contributed by atoms with Crippen LogP contribution < -0.4 is 11.1 Å². The summed E-state index contributed by atoms with van der Waals surface area (Å²) in [7, 11) is 0. The molecule has 1 aromatic rings. The van der Waals surface area contributed by atoms with E-state index in [4.69, 9.17) is 5.73 Å². The van der Waals surface area contributed by atoms with Crippen LogP contribution in [0.3, 0.4) is 0 Å². The molecule has 1 heterocycles. The van der Waals surface area contributed by atoms with Crippen molar-refractivity contribution in [3.63, 3.8) is 0 Å². The van der Waals surface area contributed by atoms with Crippen LogP contribution >= 0.6 is 11.5 Å². The second-order valence-electron chi connectivity index (χ2n) is 3.60. The van der Waals surface area contributed by atoms with E-state index < -0.39 is 0 Å². The molecule has 0 aliphatic heterocycles. The van der Waals surface area contributed by atoms with E-state index in [0.717, 1.165) is 24.9 Å². The molecule has 0 saturated heterocycles. The number of carbonyl (C=O) groups is 1. The van der Waals surface area contributed by atoms with E-state index in [9.17, 15) is 4.79 Å². The lowest BCUT2D eigenvalue weighted by atomic mass is 10.0. The van der Waals surface area contributed by atoms with E-state index >= 15 is 0 Å². The third kappa shape index (κ3) is 1.93. The Labute approximate surface area is 86.7 Å². The highest BCUT2D eigenvalue weighted by Crippen LogP contribution is 2.25. The number of aromatic nitrogens is 1. The molecule has 1 saturated carbocycles. The molecule has 0 radical (unpaired) electrons.